The highest BCUT2D eigenvalue weighted by Gasteiger charge is 2.29. The van der Waals surface area contributed by atoms with E-state index in [1.165, 1.54) is 10.6 Å². The number of aromatic nitrogens is 4. The third-order valence-corrected chi connectivity index (χ3v) is 5.77. The van der Waals surface area contributed by atoms with E-state index >= 15 is 0 Å². The lowest BCUT2D eigenvalue weighted by atomic mass is 9.98. The van der Waals surface area contributed by atoms with Crippen molar-refractivity contribution in [1.82, 2.24) is 24.1 Å². The lowest BCUT2D eigenvalue weighted by Crippen LogP contribution is -2.38. The van der Waals surface area contributed by atoms with Crippen molar-refractivity contribution < 1.29 is 8.42 Å². The zero-order valence-corrected chi connectivity index (χ0v) is 15.8. The zero-order valence-electron chi connectivity index (χ0n) is 15.0. The van der Waals surface area contributed by atoms with Crippen LogP contribution < -0.4 is 0 Å². The van der Waals surface area contributed by atoms with E-state index in [1.807, 2.05) is 23.7 Å². The summed E-state index contributed by atoms with van der Waals surface area (Å²) in [7, 11) is -3.18. The number of hydrogen-bond acceptors (Lipinski definition) is 5. The van der Waals surface area contributed by atoms with E-state index in [9.17, 15) is 8.42 Å². The Morgan fingerprint density at radius 2 is 2.12 bits per heavy atom. The molecule has 0 bridgehead atoms. The molecule has 2 aromatic rings. The Kier molecular flexibility index (Phi) is 5.19. The van der Waals surface area contributed by atoms with E-state index < -0.39 is 10.0 Å². The number of nitrogens with zero attached hydrogens (tertiary/aromatic N) is 5. The van der Waals surface area contributed by atoms with E-state index in [0.717, 1.165) is 48.7 Å². The van der Waals surface area contributed by atoms with Crippen LogP contribution in [0.3, 0.4) is 0 Å². The van der Waals surface area contributed by atoms with Crippen molar-refractivity contribution in [2.75, 3.05) is 19.3 Å². The second-order valence-electron chi connectivity index (χ2n) is 6.65. The normalized spacial score (nSPS) is 19.2. The van der Waals surface area contributed by atoms with Crippen LogP contribution in [0.15, 0.2) is 18.3 Å². The quantitative estimate of drug-likeness (QED) is 0.813. The van der Waals surface area contributed by atoms with Crippen molar-refractivity contribution in [1.29, 1.82) is 0 Å². The minimum Gasteiger partial charge on any atom is -0.263 e. The van der Waals surface area contributed by atoms with E-state index in [-0.39, 0.29) is 5.92 Å². The summed E-state index contributed by atoms with van der Waals surface area (Å²) in [5, 5.41) is 4.37. The Morgan fingerprint density at radius 1 is 1.32 bits per heavy atom. The summed E-state index contributed by atoms with van der Waals surface area (Å²) in [4.78, 5) is 9.36. The lowest BCUT2D eigenvalue weighted by molar-refractivity contribution is 0.311. The molecular formula is C17H25N5O2S. The van der Waals surface area contributed by atoms with Crippen LogP contribution in [0.5, 0.6) is 0 Å². The van der Waals surface area contributed by atoms with Crippen LogP contribution in [-0.2, 0) is 16.6 Å². The number of sulfonamides is 1. The molecule has 1 fully saturated rings. The van der Waals surface area contributed by atoms with Crippen molar-refractivity contribution in [3.8, 4) is 11.4 Å². The standard InChI is InChI=1S/C17H25N5O2S/c1-4-9-22-16(7-8-18-22)15-11-13(2)19-17(20-15)14-6-5-10-21(12-14)25(3,23)24/h7-8,11,14H,4-6,9-10,12H2,1-3H3. The molecule has 1 aliphatic heterocycles. The molecular weight excluding hydrogens is 338 g/mol. The van der Waals surface area contributed by atoms with Gasteiger partial charge in [-0.25, -0.2) is 22.7 Å². The van der Waals surface area contributed by atoms with Gasteiger partial charge in [0.15, 0.2) is 0 Å². The van der Waals surface area contributed by atoms with Gasteiger partial charge in [0.05, 0.1) is 17.6 Å². The van der Waals surface area contributed by atoms with E-state index in [2.05, 4.69) is 17.0 Å². The zero-order chi connectivity index (χ0) is 18.0. The summed E-state index contributed by atoms with van der Waals surface area (Å²) in [6.45, 7) is 5.94. The van der Waals surface area contributed by atoms with Gasteiger partial charge in [-0.2, -0.15) is 5.10 Å². The molecule has 0 N–H and O–H groups in total. The Labute approximate surface area is 149 Å². The second-order valence-corrected chi connectivity index (χ2v) is 8.63. The van der Waals surface area contributed by atoms with Crippen LogP contribution in [0, 0.1) is 6.92 Å². The molecule has 0 radical (unpaired) electrons. The van der Waals surface area contributed by atoms with Gasteiger partial charge >= 0.3 is 0 Å². The van der Waals surface area contributed by atoms with Crippen LogP contribution in [0.2, 0.25) is 0 Å². The van der Waals surface area contributed by atoms with E-state index in [4.69, 9.17) is 4.98 Å². The van der Waals surface area contributed by atoms with Gasteiger partial charge in [-0.1, -0.05) is 6.92 Å². The first kappa shape index (κ1) is 18.0. The smallest absolute Gasteiger partial charge is 0.211 e. The molecule has 0 amide bonds. The van der Waals surface area contributed by atoms with Gasteiger partial charge in [0.2, 0.25) is 10.0 Å². The van der Waals surface area contributed by atoms with E-state index in [0.29, 0.717) is 13.1 Å². The Morgan fingerprint density at radius 3 is 2.84 bits per heavy atom. The van der Waals surface area contributed by atoms with Gasteiger partial charge in [0.1, 0.15) is 5.82 Å². The molecule has 3 heterocycles. The maximum atomic E-state index is 11.9. The largest absolute Gasteiger partial charge is 0.263 e. The van der Waals surface area contributed by atoms with Gasteiger partial charge in [0, 0.05) is 37.4 Å². The summed E-state index contributed by atoms with van der Waals surface area (Å²) >= 11 is 0. The van der Waals surface area contributed by atoms with Crippen LogP contribution in [0.25, 0.3) is 11.4 Å². The van der Waals surface area contributed by atoms with Crippen LogP contribution >= 0.6 is 0 Å². The molecule has 3 rings (SSSR count). The van der Waals surface area contributed by atoms with Gasteiger partial charge in [0.25, 0.3) is 0 Å². The molecule has 8 heteroatoms. The highest BCUT2D eigenvalue weighted by Crippen LogP contribution is 2.28. The Hall–Kier alpha value is -1.80. The fourth-order valence-corrected chi connectivity index (χ4v) is 4.21. The molecule has 0 aromatic carbocycles. The molecule has 1 atom stereocenters. The topological polar surface area (TPSA) is 81.0 Å². The third-order valence-electron chi connectivity index (χ3n) is 4.50. The average molecular weight is 363 g/mol. The van der Waals surface area contributed by atoms with Crippen LogP contribution in [0.4, 0.5) is 0 Å². The number of aryl methyl sites for hydroxylation is 2. The molecule has 1 unspecified atom stereocenters. The fraction of sp³-hybridized carbons (Fsp3) is 0.588. The summed E-state index contributed by atoms with van der Waals surface area (Å²) in [6.07, 6.45) is 5.79. The van der Waals surface area contributed by atoms with E-state index in [1.54, 1.807) is 6.20 Å². The predicted molar refractivity (Wildman–Crippen MR) is 96.7 cm³/mol. The number of hydrogen-bond donors (Lipinski definition) is 0. The maximum absolute atomic E-state index is 11.9. The molecule has 0 spiro atoms. The molecule has 1 aliphatic rings. The molecule has 1 saturated heterocycles. The highest BCUT2D eigenvalue weighted by molar-refractivity contribution is 7.88. The summed E-state index contributed by atoms with van der Waals surface area (Å²) in [6, 6.07) is 3.93. The molecule has 0 saturated carbocycles. The summed E-state index contributed by atoms with van der Waals surface area (Å²) in [5.74, 6) is 0.761. The van der Waals surface area contributed by atoms with Gasteiger partial charge in [-0.3, -0.25) is 4.68 Å². The minimum absolute atomic E-state index is 0.0321. The average Bonchev–Trinajstić information content (AvgIpc) is 3.02. The molecule has 25 heavy (non-hydrogen) atoms. The first-order valence-electron chi connectivity index (χ1n) is 8.71. The molecule has 2 aromatic heterocycles. The monoisotopic (exact) mass is 363 g/mol. The van der Waals surface area contributed by atoms with Crippen LogP contribution in [0.1, 0.15) is 43.6 Å². The number of rotatable bonds is 5. The molecule has 7 nitrogen and oxygen atoms in total. The Bertz CT molecular complexity index is 846. The van der Waals surface area contributed by atoms with Gasteiger partial charge in [-0.15, -0.1) is 0 Å². The minimum atomic E-state index is -3.18. The Balaban J connectivity index is 1.93. The predicted octanol–water partition coefficient (Wildman–Crippen LogP) is 2.20. The van der Waals surface area contributed by atoms with Crippen molar-refractivity contribution in [2.45, 2.75) is 45.6 Å². The fourth-order valence-electron chi connectivity index (χ4n) is 3.30. The maximum Gasteiger partial charge on any atom is 0.211 e. The highest BCUT2D eigenvalue weighted by atomic mass is 32.2. The van der Waals surface area contributed by atoms with Crippen molar-refractivity contribution in [2.24, 2.45) is 0 Å². The second kappa shape index (κ2) is 7.21. The molecule has 136 valence electrons. The number of piperidine rings is 1. The first-order chi connectivity index (χ1) is 11.9. The van der Waals surface area contributed by atoms with Gasteiger partial charge < -0.3 is 0 Å². The van der Waals surface area contributed by atoms with Crippen LogP contribution in [-0.4, -0.2) is 51.8 Å². The lowest BCUT2D eigenvalue weighted by Gasteiger charge is -2.30. The van der Waals surface area contributed by atoms with Crippen molar-refractivity contribution in [3.05, 3.63) is 29.8 Å². The van der Waals surface area contributed by atoms with Gasteiger partial charge in [-0.05, 0) is 38.3 Å². The third kappa shape index (κ3) is 4.07. The summed E-state index contributed by atoms with van der Waals surface area (Å²) in [5.41, 5.74) is 2.72. The summed E-state index contributed by atoms with van der Waals surface area (Å²) < 4.78 is 27.2. The van der Waals surface area contributed by atoms with Crippen molar-refractivity contribution in [3.63, 3.8) is 0 Å². The first-order valence-corrected chi connectivity index (χ1v) is 10.6. The van der Waals surface area contributed by atoms with Crippen molar-refractivity contribution >= 4 is 10.0 Å². The SMILES string of the molecule is CCCn1nccc1-c1cc(C)nc(C2CCCN(S(C)(=O)=O)C2)n1. The molecule has 0 aliphatic carbocycles.